The van der Waals surface area contributed by atoms with Crippen LogP contribution in [-0.4, -0.2) is 35.9 Å². The third-order valence-corrected chi connectivity index (χ3v) is 8.29. The Morgan fingerprint density at radius 3 is 1.18 bits per heavy atom. The van der Waals surface area contributed by atoms with Crippen molar-refractivity contribution in [3.8, 4) is 35.8 Å². The molecule has 0 bridgehead atoms. The Morgan fingerprint density at radius 2 is 0.895 bits per heavy atom. The first-order valence-corrected chi connectivity index (χ1v) is 16.4. The molecule has 0 aliphatic carbocycles. The Hall–Kier alpha value is -3.11. The fourth-order valence-electron chi connectivity index (χ4n) is 4.31. The predicted molar refractivity (Wildman–Crippen MR) is 165 cm³/mol. The number of nitriles is 4. The quantitative estimate of drug-likeness (QED) is 0.0851. The first-order chi connectivity index (χ1) is 24.7. The number of imidazole rings is 2. The summed E-state index contributed by atoms with van der Waals surface area (Å²) in [7, 11) is -9.29. The van der Waals surface area contributed by atoms with Gasteiger partial charge in [-0.25, -0.2) is 27.1 Å². The molecule has 0 spiro atoms. The summed E-state index contributed by atoms with van der Waals surface area (Å²) >= 11 is 0. The van der Waals surface area contributed by atoms with Crippen LogP contribution in [0.1, 0.15) is 22.8 Å². The average molecular weight is 881 g/mol. The van der Waals surface area contributed by atoms with Crippen LogP contribution in [0.25, 0.3) is 21.5 Å². The second-order valence-corrected chi connectivity index (χ2v) is 12.5. The maximum Gasteiger partial charge on any atom is 2.00 e. The molecule has 27 heteroatoms. The number of nitrogens with zero attached hydrogens (tertiary/aromatic N) is 12. The second-order valence-electron chi connectivity index (χ2n) is 9.79. The molecule has 6 aromatic rings. The minimum atomic E-state index is -4.64. The Labute approximate surface area is 420 Å². The Bertz CT molecular complexity index is 2660. The van der Waals surface area contributed by atoms with Gasteiger partial charge in [0.1, 0.15) is 44.5 Å². The van der Waals surface area contributed by atoms with E-state index in [1.807, 2.05) is 0 Å². The van der Waals surface area contributed by atoms with Gasteiger partial charge in [-0.15, -0.1) is 0 Å². The summed E-state index contributed by atoms with van der Waals surface area (Å²) in [6.45, 7) is 0. The maximum atomic E-state index is 12.0. The largest absolute Gasteiger partial charge is 2.00 e. The van der Waals surface area contributed by atoms with E-state index in [-0.39, 0.29) is 192 Å². The average Bonchev–Trinajstić information content (AvgIpc) is 3.73. The standard InChI is InChI=1S/2C15H7N6O4S.4Na.Ni/c2*16-6-11-12(7-17)19-15(18-11)21-20-14-10-3-2-9(26(23,24)25)5-8(10)1-4-13(14)22;;;;;/h2*1-5H,(H2-,18,19,20,21,22,23,24,25);;;;;/q2*-1;4*+1;+2/p-4. The van der Waals surface area contributed by atoms with Gasteiger partial charge in [-0.3, -0.25) is 10.2 Å². The van der Waals surface area contributed by atoms with Gasteiger partial charge in [-0.05, 0) is 35.0 Å². The van der Waals surface area contributed by atoms with Crippen LogP contribution in [-0.2, 0) is 36.7 Å². The van der Waals surface area contributed by atoms with Crippen molar-refractivity contribution in [3.63, 3.8) is 0 Å². The van der Waals surface area contributed by atoms with Crippen molar-refractivity contribution < 1.29 is 171 Å². The third-order valence-electron chi connectivity index (χ3n) is 6.63. The number of aromatic nitrogens is 4. The molecule has 2 heterocycles. The van der Waals surface area contributed by atoms with Crippen molar-refractivity contribution >= 4 is 65.1 Å². The minimum Gasteiger partial charge on any atom is -0.871 e. The van der Waals surface area contributed by atoms with Crippen molar-refractivity contribution in [2.45, 2.75) is 9.79 Å². The SMILES string of the molecule is N#Cc1nc(N=Nc2c([O-])ccc3cc(S(=O)(=O)[O-])ccc23)[n-]c1C#N.N#Cc1nc(N=Nc2c([O-])ccc3cc(S(=O)(=O)[O-])ccc23)[n-]c1C#N.[Na+].[Na+].[Na+].[Na+].[Ni+2]. The number of azo groups is 2. The van der Waals surface area contributed by atoms with Crippen LogP contribution >= 0.6 is 0 Å². The summed E-state index contributed by atoms with van der Waals surface area (Å²) in [6, 6.07) is 18.6. The molecule has 2 aromatic heterocycles. The molecule has 0 aliphatic heterocycles. The van der Waals surface area contributed by atoms with Crippen LogP contribution in [0.3, 0.4) is 0 Å². The molecule has 264 valence electrons. The van der Waals surface area contributed by atoms with Crippen molar-refractivity contribution in [3.05, 3.63) is 83.4 Å². The minimum absolute atomic E-state index is 0. The van der Waals surface area contributed by atoms with E-state index in [1.165, 1.54) is 24.3 Å². The predicted octanol–water partition coefficient (Wildman–Crippen LogP) is -9.33. The first kappa shape index (κ1) is 53.9. The van der Waals surface area contributed by atoms with Crippen LogP contribution in [0.15, 0.2) is 90.9 Å². The van der Waals surface area contributed by atoms with Gasteiger partial charge in [0.15, 0.2) is 0 Å². The fraction of sp³-hybridized carbons (Fsp3) is 0. The summed E-state index contributed by atoms with van der Waals surface area (Å²) in [5.74, 6) is -1.56. The molecule has 0 saturated carbocycles. The number of hydrogen-bond donors (Lipinski definition) is 0. The molecule has 4 aromatic carbocycles. The summed E-state index contributed by atoms with van der Waals surface area (Å²) in [5.41, 5.74) is -1.11. The van der Waals surface area contributed by atoms with Gasteiger partial charge in [-0.1, -0.05) is 47.9 Å². The van der Waals surface area contributed by atoms with Crippen molar-refractivity contribution in [1.29, 1.82) is 21.0 Å². The monoisotopic (exact) mass is 880 g/mol. The molecule has 57 heavy (non-hydrogen) atoms. The van der Waals surface area contributed by atoms with Gasteiger partial charge >= 0.3 is 135 Å². The molecule has 0 unspecified atom stereocenters. The number of benzene rings is 4. The Morgan fingerprint density at radius 1 is 0.544 bits per heavy atom. The van der Waals surface area contributed by atoms with Crippen LogP contribution in [0.4, 0.5) is 23.3 Å². The normalized spacial score (nSPS) is 10.5. The summed E-state index contributed by atoms with van der Waals surface area (Å²) < 4.78 is 66.6. The van der Waals surface area contributed by atoms with Crippen LogP contribution in [0, 0.1) is 45.3 Å². The van der Waals surface area contributed by atoms with E-state index in [0.717, 1.165) is 36.4 Å². The van der Waals surface area contributed by atoms with E-state index in [2.05, 4.69) is 40.4 Å². The zero-order valence-corrected chi connectivity index (χ0v) is 40.2. The van der Waals surface area contributed by atoms with Crippen LogP contribution in [0.2, 0.25) is 0 Å². The molecule has 0 amide bonds. The second kappa shape index (κ2) is 22.9. The van der Waals surface area contributed by atoms with Crippen molar-refractivity contribution in [2.24, 2.45) is 20.5 Å². The third kappa shape index (κ3) is 12.9. The summed E-state index contributed by atoms with van der Waals surface area (Å²) in [6.07, 6.45) is 0. The molecular weight excluding hydrogens is 871 g/mol. The fourth-order valence-corrected chi connectivity index (χ4v) is 5.32. The zero-order chi connectivity index (χ0) is 37.8. The van der Waals surface area contributed by atoms with E-state index in [4.69, 9.17) is 21.0 Å². The molecule has 6 rings (SSSR count). The molecule has 0 saturated heterocycles. The first-order valence-electron chi connectivity index (χ1n) is 13.6. The van der Waals surface area contributed by atoms with Gasteiger partial charge in [0.05, 0.1) is 43.9 Å². The van der Waals surface area contributed by atoms with Gasteiger partial charge < -0.3 is 39.3 Å². The summed E-state index contributed by atoms with van der Waals surface area (Å²) in [5, 5.41) is 75.3. The van der Waals surface area contributed by atoms with E-state index >= 15 is 0 Å². The molecule has 20 nitrogen and oxygen atoms in total. The summed E-state index contributed by atoms with van der Waals surface area (Å²) in [4.78, 5) is 13.9. The van der Waals surface area contributed by atoms with Crippen LogP contribution in [0.5, 0.6) is 11.5 Å². The molecule has 0 fully saturated rings. The van der Waals surface area contributed by atoms with Crippen molar-refractivity contribution in [1.82, 2.24) is 19.9 Å². The van der Waals surface area contributed by atoms with E-state index in [0.29, 0.717) is 10.8 Å². The molecular formula is C30H10N12Na4NiO8S2. The number of fused-ring (bicyclic) bond motifs is 2. The van der Waals surface area contributed by atoms with Gasteiger partial charge in [-0.2, -0.15) is 21.0 Å². The smallest absolute Gasteiger partial charge is 0.871 e. The number of hydrogen-bond acceptors (Lipinski definition) is 18. The van der Waals surface area contributed by atoms with Gasteiger partial charge in [0.2, 0.25) is 0 Å². The van der Waals surface area contributed by atoms with Crippen molar-refractivity contribution in [2.75, 3.05) is 0 Å². The molecule has 0 aliphatic rings. The molecule has 0 radical (unpaired) electrons. The van der Waals surface area contributed by atoms with Crippen LogP contribution < -0.4 is 138 Å². The van der Waals surface area contributed by atoms with E-state index in [9.17, 15) is 36.2 Å². The Balaban J connectivity index is 0.00000101. The van der Waals surface area contributed by atoms with Gasteiger partial charge in [0, 0.05) is 22.7 Å². The van der Waals surface area contributed by atoms with E-state index < -0.39 is 41.5 Å². The number of rotatable bonds is 6. The van der Waals surface area contributed by atoms with E-state index in [1.54, 1.807) is 24.3 Å². The molecule has 0 atom stereocenters. The maximum absolute atomic E-state index is 12.0. The van der Waals surface area contributed by atoms with Gasteiger partial charge in [0.25, 0.3) is 0 Å². The Kier molecular flexibility index (Phi) is 21.6. The topological polar surface area (TPSA) is 359 Å². The zero-order valence-electron chi connectivity index (χ0n) is 29.5. The molecule has 0 N–H and O–H groups in total.